The third kappa shape index (κ3) is 6.12. The van der Waals surface area contributed by atoms with Gasteiger partial charge in [0.05, 0.1) is 11.0 Å². The highest BCUT2D eigenvalue weighted by Crippen LogP contribution is 2.38. The largest absolute Gasteiger partial charge is 0.310 e. The highest BCUT2D eigenvalue weighted by atomic mass is 15.0. The Labute approximate surface area is 375 Å². The van der Waals surface area contributed by atoms with Crippen molar-refractivity contribution in [1.29, 1.82) is 0 Å². The average molecular weight is 796 g/mol. The second-order valence-electron chi connectivity index (χ2n) is 17.5. The van der Waals surface area contributed by atoms with E-state index in [4.69, 9.17) is 0 Å². The maximum Gasteiger partial charge on any atom is 0.141 e. The van der Waals surface area contributed by atoms with E-state index in [2.05, 4.69) is 240 Å². The maximum absolute atomic E-state index is 2.58. The molecule has 0 spiro atoms. The number of benzene rings is 9. The minimum atomic E-state index is 1.15. The summed E-state index contributed by atoms with van der Waals surface area (Å²) in [6.45, 7) is 0. The van der Waals surface area contributed by atoms with Crippen LogP contribution < -0.4 is 38.2 Å². The van der Waals surface area contributed by atoms with Crippen LogP contribution in [0.15, 0.2) is 176 Å². The summed E-state index contributed by atoms with van der Waals surface area (Å²) >= 11 is 0. The first kappa shape index (κ1) is 38.9. The van der Waals surface area contributed by atoms with Gasteiger partial charge in [-0.25, -0.2) is 0 Å². The molecule has 9 heteroatoms. The summed E-state index contributed by atoms with van der Waals surface area (Å²) < 4.78 is 5.04. The molecule has 0 N–H and O–H groups in total. The van der Waals surface area contributed by atoms with Crippen LogP contribution in [0.3, 0.4) is 0 Å². The Morgan fingerprint density at radius 3 is 1.19 bits per heavy atom. The third-order valence-electron chi connectivity index (χ3n) is 14.2. The van der Waals surface area contributed by atoms with Crippen LogP contribution in [-0.4, -0.2) is 64.1 Å². The standard InChI is InChI=1S/C54H43B7N2/c55-46-43(47(56)51(60)53-44(46)45-48(57)49(58)50(59)52(61)54(45)63(53)38-21-11-19-34(27-38)31-14-6-2-7-15-31)36-23-25-42-40(29-36)39-28-35(32-16-8-3-9-17-32)22-24-41(39)62(42)37-20-10-18-33(26-37)30-12-4-1-5-13-30/h1-29H,55-61H2. The summed E-state index contributed by atoms with van der Waals surface area (Å²) in [5.41, 5.74) is 26.6. The van der Waals surface area contributed by atoms with Gasteiger partial charge in [0.2, 0.25) is 0 Å². The van der Waals surface area contributed by atoms with Crippen molar-refractivity contribution in [2.24, 2.45) is 0 Å². The molecule has 9 aromatic carbocycles. The summed E-state index contributed by atoms with van der Waals surface area (Å²) in [4.78, 5) is 0. The molecule has 11 aromatic rings. The van der Waals surface area contributed by atoms with Crippen molar-refractivity contribution in [1.82, 2.24) is 9.13 Å². The van der Waals surface area contributed by atoms with E-state index in [-0.39, 0.29) is 0 Å². The first-order valence-corrected chi connectivity index (χ1v) is 22.2. The van der Waals surface area contributed by atoms with Crippen LogP contribution in [0.5, 0.6) is 0 Å². The zero-order valence-electron chi connectivity index (χ0n) is 37.1. The molecule has 290 valence electrons. The summed E-state index contributed by atoms with van der Waals surface area (Å²) in [7, 11) is 16.3. The SMILES string of the molecule is Bc1c(B)c(B)c2c(c1B)c1c(B)c(-c3ccc4c(c3)c3cc(-c5ccccc5)ccc3n4-c3cccc(-c4ccccc4)c3)c(B)c(B)c1n2-c1cccc(-c2ccccc2)c1. The second kappa shape index (κ2) is 15.1. The van der Waals surface area contributed by atoms with Gasteiger partial charge in [0.25, 0.3) is 0 Å². The van der Waals surface area contributed by atoms with Gasteiger partial charge in [0.15, 0.2) is 0 Å². The number of hydrogen-bond acceptors (Lipinski definition) is 0. The van der Waals surface area contributed by atoms with E-state index in [1.54, 1.807) is 0 Å². The minimum absolute atomic E-state index is 1.15. The van der Waals surface area contributed by atoms with Gasteiger partial charge in [0.1, 0.15) is 54.9 Å². The van der Waals surface area contributed by atoms with Crippen molar-refractivity contribution in [2.45, 2.75) is 0 Å². The quantitative estimate of drug-likeness (QED) is 0.229. The van der Waals surface area contributed by atoms with Gasteiger partial charge in [-0.2, -0.15) is 0 Å². The molecule has 2 aromatic heterocycles. The van der Waals surface area contributed by atoms with Crippen LogP contribution in [-0.2, 0) is 0 Å². The minimum Gasteiger partial charge on any atom is -0.310 e. The number of fused-ring (bicyclic) bond motifs is 6. The number of nitrogens with zero attached hydrogens (tertiary/aromatic N) is 2. The summed E-state index contributed by atoms with van der Waals surface area (Å²) in [6.07, 6.45) is 0. The Morgan fingerprint density at radius 1 is 0.270 bits per heavy atom. The summed E-state index contributed by atoms with van der Waals surface area (Å²) in [5.74, 6) is 0. The fourth-order valence-corrected chi connectivity index (χ4v) is 10.6. The molecular weight excluding hydrogens is 752 g/mol. The average Bonchev–Trinajstić information content (AvgIpc) is 3.87. The van der Waals surface area contributed by atoms with Crippen LogP contribution in [0, 0.1) is 0 Å². The molecule has 0 unspecified atom stereocenters. The first-order valence-electron chi connectivity index (χ1n) is 22.2. The van der Waals surface area contributed by atoms with E-state index in [9.17, 15) is 0 Å². The van der Waals surface area contributed by atoms with Gasteiger partial charge < -0.3 is 9.13 Å². The highest BCUT2D eigenvalue weighted by molar-refractivity contribution is 6.69. The summed E-state index contributed by atoms with van der Waals surface area (Å²) in [6, 6.07) is 64.5. The third-order valence-corrected chi connectivity index (χ3v) is 14.2. The van der Waals surface area contributed by atoms with Gasteiger partial charge in [-0.05, 0) is 98.4 Å². The highest BCUT2D eigenvalue weighted by Gasteiger charge is 2.25. The zero-order valence-corrected chi connectivity index (χ0v) is 37.1. The molecule has 0 atom stereocenters. The van der Waals surface area contributed by atoms with E-state index in [0.717, 1.165) is 5.69 Å². The molecule has 0 saturated carbocycles. The van der Waals surface area contributed by atoms with Crippen molar-refractivity contribution < 1.29 is 0 Å². The number of rotatable bonds is 6. The topological polar surface area (TPSA) is 9.86 Å². The Morgan fingerprint density at radius 2 is 0.667 bits per heavy atom. The lowest BCUT2D eigenvalue weighted by Crippen LogP contribution is -2.48. The normalized spacial score (nSPS) is 11.6. The van der Waals surface area contributed by atoms with Crippen LogP contribution in [0.25, 0.3) is 99.5 Å². The van der Waals surface area contributed by atoms with E-state index in [0.29, 0.717) is 0 Å². The van der Waals surface area contributed by atoms with Crippen molar-refractivity contribution in [2.75, 3.05) is 0 Å². The van der Waals surface area contributed by atoms with E-state index < -0.39 is 0 Å². The van der Waals surface area contributed by atoms with Gasteiger partial charge >= 0.3 is 0 Å². The molecule has 0 radical (unpaired) electrons. The molecule has 0 saturated heterocycles. The Kier molecular flexibility index (Phi) is 9.35. The molecule has 0 aliphatic carbocycles. The fourth-order valence-electron chi connectivity index (χ4n) is 10.6. The van der Waals surface area contributed by atoms with E-state index in [1.165, 1.54) is 132 Å². The molecule has 11 rings (SSSR count). The van der Waals surface area contributed by atoms with Gasteiger partial charge in [-0.15, -0.1) is 5.46 Å². The summed E-state index contributed by atoms with van der Waals surface area (Å²) in [5, 5.41) is 5.21. The van der Waals surface area contributed by atoms with Crippen molar-refractivity contribution >= 4 is 137 Å². The zero-order chi connectivity index (χ0) is 43.1. The molecule has 0 fully saturated rings. The van der Waals surface area contributed by atoms with Crippen molar-refractivity contribution in [3.8, 4) is 55.9 Å². The van der Waals surface area contributed by atoms with Crippen LogP contribution in [0.4, 0.5) is 0 Å². The molecule has 2 nitrogen and oxygen atoms in total. The molecule has 0 aliphatic heterocycles. The van der Waals surface area contributed by atoms with Crippen molar-refractivity contribution in [3.63, 3.8) is 0 Å². The molecule has 0 bridgehead atoms. The lowest BCUT2D eigenvalue weighted by Gasteiger charge is -2.19. The first-order chi connectivity index (χ1) is 30.7. The lowest BCUT2D eigenvalue weighted by molar-refractivity contribution is 1.18. The molecule has 0 amide bonds. The predicted molar refractivity (Wildman–Crippen MR) is 294 cm³/mol. The van der Waals surface area contributed by atoms with E-state index in [1.807, 2.05) is 0 Å². The van der Waals surface area contributed by atoms with Crippen molar-refractivity contribution in [3.05, 3.63) is 176 Å². The molecule has 63 heavy (non-hydrogen) atoms. The van der Waals surface area contributed by atoms with Gasteiger partial charge in [0, 0.05) is 38.6 Å². The number of hydrogen-bond donors (Lipinski definition) is 0. The second-order valence-corrected chi connectivity index (χ2v) is 17.5. The Balaban J connectivity index is 1.19. The Hall–Kier alpha value is -6.97. The Bertz CT molecular complexity index is 3630. The predicted octanol–water partition coefficient (Wildman–Crippen LogP) is 2.36. The van der Waals surface area contributed by atoms with Crippen LogP contribution in [0.2, 0.25) is 0 Å². The van der Waals surface area contributed by atoms with Gasteiger partial charge in [-0.3, -0.25) is 0 Å². The number of aromatic nitrogens is 2. The monoisotopic (exact) mass is 796 g/mol. The lowest BCUT2D eigenvalue weighted by atomic mass is 9.64. The molecule has 2 heterocycles. The molecule has 0 aliphatic rings. The fraction of sp³-hybridized carbons (Fsp3) is 0. The van der Waals surface area contributed by atoms with E-state index >= 15 is 0 Å². The smallest absolute Gasteiger partial charge is 0.141 e. The maximum atomic E-state index is 2.58. The van der Waals surface area contributed by atoms with Gasteiger partial charge in [-0.1, -0.05) is 160 Å². The molecular formula is C54H43B7N2. The van der Waals surface area contributed by atoms with Crippen LogP contribution >= 0.6 is 0 Å². The van der Waals surface area contributed by atoms with Crippen LogP contribution in [0.1, 0.15) is 0 Å².